The molecule has 0 amide bonds. The van der Waals surface area contributed by atoms with Crippen LogP contribution in [0.1, 0.15) is 44.5 Å². The third-order valence-electron chi connectivity index (χ3n) is 4.41. The van der Waals surface area contributed by atoms with E-state index in [-0.39, 0.29) is 0 Å². The number of aryl methyl sites for hydroxylation is 2. The molecule has 1 saturated carbocycles. The van der Waals surface area contributed by atoms with Crippen LogP contribution in [0.5, 0.6) is 0 Å². The van der Waals surface area contributed by atoms with E-state index in [0.29, 0.717) is 5.92 Å². The van der Waals surface area contributed by atoms with Crippen LogP contribution in [0, 0.1) is 11.8 Å². The molecule has 1 heterocycles. The Balaban J connectivity index is 1.92. The van der Waals surface area contributed by atoms with E-state index in [0.717, 1.165) is 43.5 Å². The lowest BCUT2D eigenvalue weighted by Gasteiger charge is -2.18. The van der Waals surface area contributed by atoms with E-state index in [9.17, 15) is 0 Å². The standard InChI is InChI=1S/C15H25BrClN3/c1-3-13-15(16)14(20(4-2)19-13)10-18-9-12-7-5-6-11(12)8-17/h11-12,18H,3-10H2,1-2H3. The summed E-state index contributed by atoms with van der Waals surface area (Å²) in [5.74, 6) is 2.26. The van der Waals surface area contributed by atoms with Gasteiger partial charge in [-0.15, -0.1) is 11.6 Å². The van der Waals surface area contributed by atoms with Gasteiger partial charge in [0, 0.05) is 19.0 Å². The van der Waals surface area contributed by atoms with Gasteiger partial charge in [-0.1, -0.05) is 13.3 Å². The summed E-state index contributed by atoms with van der Waals surface area (Å²) < 4.78 is 3.28. The highest BCUT2D eigenvalue weighted by Crippen LogP contribution is 2.32. The van der Waals surface area contributed by atoms with Gasteiger partial charge in [-0.25, -0.2) is 0 Å². The molecular weight excluding hydrogens is 338 g/mol. The van der Waals surface area contributed by atoms with E-state index in [4.69, 9.17) is 11.6 Å². The maximum absolute atomic E-state index is 6.04. The molecule has 2 rings (SSSR count). The molecule has 1 aliphatic rings. The van der Waals surface area contributed by atoms with E-state index in [1.165, 1.54) is 29.4 Å². The highest BCUT2D eigenvalue weighted by atomic mass is 79.9. The summed E-state index contributed by atoms with van der Waals surface area (Å²) in [5.41, 5.74) is 2.42. The molecule has 1 aromatic heterocycles. The average Bonchev–Trinajstić information content (AvgIpc) is 3.04. The van der Waals surface area contributed by atoms with Crippen LogP contribution >= 0.6 is 27.5 Å². The maximum atomic E-state index is 6.04. The van der Waals surface area contributed by atoms with Crippen LogP contribution < -0.4 is 5.32 Å². The molecule has 0 saturated heterocycles. The number of hydrogen-bond acceptors (Lipinski definition) is 2. The Bertz CT molecular complexity index is 433. The summed E-state index contributed by atoms with van der Waals surface area (Å²) in [4.78, 5) is 0. The van der Waals surface area contributed by atoms with Crippen molar-refractivity contribution in [2.45, 2.75) is 52.6 Å². The molecule has 0 aromatic carbocycles. The van der Waals surface area contributed by atoms with Crippen molar-refractivity contribution >= 4 is 27.5 Å². The fourth-order valence-electron chi connectivity index (χ4n) is 3.15. The monoisotopic (exact) mass is 361 g/mol. The number of halogens is 2. The summed E-state index contributed by atoms with van der Waals surface area (Å²) >= 11 is 9.74. The zero-order chi connectivity index (χ0) is 14.5. The summed E-state index contributed by atoms with van der Waals surface area (Å²) in [5, 5.41) is 8.25. The summed E-state index contributed by atoms with van der Waals surface area (Å²) in [6.45, 7) is 7.16. The minimum absolute atomic E-state index is 0.704. The Morgan fingerprint density at radius 2 is 2.10 bits per heavy atom. The van der Waals surface area contributed by atoms with Gasteiger partial charge in [-0.2, -0.15) is 5.10 Å². The number of aromatic nitrogens is 2. The first-order chi connectivity index (χ1) is 9.71. The van der Waals surface area contributed by atoms with E-state index in [1.54, 1.807) is 0 Å². The predicted molar refractivity (Wildman–Crippen MR) is 88.2 cm³/mol. The lowest BCUT2D eigenvalue weighted by atomic mass is 9.98. The van der Waals surface area contributed by atoms with Crippen molar-refractivity contribution in [1.29, 1.82) is 0 Å². The fraction of sp³-hybridized carbons (Fsp3) is 0.800. The Labute approximate surface area is 135 Å². The average molecular weight is 363 g/mol. The largest absolute Gasteiger partial charge is 0.311 e. The predicted octanol–water partition coefficient (Wildman–Crippen LogP) is 3.97. The Hall–Kier alpha value is -0.0600. The Morgan fingerprint density at radius 1 is 1.35 bits per heavy atom. The second-order valence-electron chi connectivity index (χ2n) is 5.61. The highest BCUT2D eigenvalue weighted by molar-refractivity contribution is 9.10. The molecule has 5 heteroatoms. The van der Waals surface area contributed by atoms with Crippen molar-refractivity contribution in [1.82, 2.24) is 15.1 Å². The van der Waals surface area contributed by atoms with E-state index in [2.05, 4.69) is 44.9 Å². The molecule has 1 N–H and O–H groups in total. The third kappa shape index (κ3) is 3.58. The molecule has 0 radical (unpaired) electrons. The topological polar surface area (TPSA) is 29.9 Å². The van der Waals surface area contributed by atoms with Crippen LogP contribution in [0.15, 0.2) is 4.47 Å². The fourth-order valence-corrected chi connectivity index (χ4v) is 4.26. The van der Waals surface area contributed by atoms with Gasteiger partial charge in [0.15, 0.2) is 0 Å². The first-order valence-electron chi connectivity index (χ1n) is 7.71. The first kappa shape index (κ1) is 16.3. The Kier molecular flexibility index (Phi) is 6.37. The van der Waals surface area contributed by atoms with Gasteiger partial charge in [0.2, 0.25) is 0 Å². The molecule has 3 nitrogen and oxygen atoms in total. The molecule has 2 unspecified atom stereocenters. The molecule has 1 fully saturated rings. The van der Waals surface area contributed by atoms with E-state index >= 15 is 0 Å². The van der Waals surface area contributed by atoms with Crippen LogP contribution in [-0.4, -0.2) is 22.2 Å². The summed E-state index contributed by atoms with van der Waals surface area (Å²) in [6.07, 6.45) is 4.92. The minimum atomic E-state index is 0.704. The van der Waals surface area contributed by atoms with Crippen LogP contribution in [0.25, 0.3) is 0 Å². The molecular formula is C15H25BrClN3. The smallest absolute Gasteiger partial charge is 0.0767 e. The molecule has 0 aliphatic heterocycles. The van der Waals surface area contributed by atoms with Crippen molar-refractivity contribution in [2.75, 3.05) is 12.4 Å². The lowest BCUT2D eigenvalue weighted by molar-refractivity contribution is 0.392. The molecule has 20 heavy (non-hydrogen) atoms. The number of nitrogens with one attached hydrogen (secondary N) is 1. The minimum Gasteiger partial charge on any atom is -0.311 e. The zero-order valence-corrected chi connectivity index (χ0v) is 14.8. The van der Waals surface area contributed by atoms with Crippen molar-refractivity contribution < 1.29 is 0 Å². The maximum Gasteiger partial charge on any atom is 0.0767 e. The van der Waals surface area contributed by atoms with E-state index < -0.39 is 0 Å². The second-order valence-corrected chi connectivity index (χ2v) is 6.71. The molecule has 1 aromatic rings. The van der Waals surface area contributed by atoms with Crippen LogP contribution in [-0.2, 0) is 19.5 Å². The van der Waals surface area contributed by atoms with Crippen molar-refractivity contribution in [3.63, 3.8) is 0 Å². The number of rotatable bonds is 7. The highest BCUT2D eigenvalue weighted by Gasteiger charge is 2.26. The van der Waals surface area contributed by atoms with Crippen molar-refractivity contribution in [3.8, 4) is 0 Å². The van der Waals surface area contributed by atoms with Crippen molar-refractivity contribution in [2.24, 2.45) is 11.8 Å². The number of nitrogens with zero attached hydrogens (tertiary/aromatic N) is 2. The normalized spacial score (nSPS) is 22.6. The molecule has 114 valence electrons. The number of hydrogen-bond donors (Lipinski definition) is 1. The van der Waals surface area contributed by atoms with Gasteiger partial charge in [0.25, 0.3) is 0 Å². The third-order valence-corrected chi connectivity index (χ3v) is 5.72. The van der Waals surface area contributed by atoms with Gasteiger partial charge in [0.1, 0.15) is 0 Å². The summed E-state index contributed by atoms with van der Waals surface area (Å²) in [6, 6.07) is 0. The molecule has 0 spiro atoms. The lowest BCUT2D eigenvalue weighted by Crippen LogP contribution is -2.26. The SMILES string of the molecule is CCc1nn(CC)c(CNCC2CCCC2CCl)c1Br. The van der Waals surface area contributed by atoms with Gasteiger partial charge in [0.05, 0.1) is 15.9 Å². The van der Waals surface area contributed by atoms with Gasteiger partial charge >= 0.3 is 0 Å². The number of alkyl halides is 1. The van der Waals surface area contributed by atoms with E-state index in [1.807, 2.05) is 0 Å². The van der Waals surface area contributed by atoms with Crippen LogP contribution in [0.2, 0.25) is 0 Å². The van der Waals surface area contributed by atoms with Crippen LogP contribution in [0.3, 0.4) is 0 Å². The first-order valence-corrected chi connectivity index (χ1v) is 9.04. The van der Waals surface area contributed by atoms with Gasteiger partial charge in [-0.05, 0) is 60.5 Å². The van der Waals surface area contributed by atoms with Gasteiger partial charge in [-0.3, -0.25) is 4.68 Å². The molecule has 1 aliphatic carbocycles. The summed E-state index contributed by atoms with van der Waals surface area (Å²) in [7, 11) is 0. The molecule has 0 bridgehead atoms. The van der Waals surface area contributed by atoms with Crippen LogP contribution in [0.4, 0.5) is 0 Å². The Morgan fingerprint density at radius 3 is 2.75 bits per heavy atom. The molecule has 2 atom stereocenters. The second kappa shape index (κ2) is 7.81. The van der Waals surface area contributed by atoms with Crippen molar-refractivity contribution in [3.05, 3.63) is 15.9 Å². The quantitative estimate of drug-likeness (QED) is 0.744. The zero-order valence-electron chi connectivity index (χ0n) is 12.5. The van der Waals surface area contributed by atoms with Gasteiger partial charge < -0.3 is 5.32 Å².